The third-order valence-electron chi connectivity index (χ3n) is 4.92. The van der Waals surface area contributed by atoms with E-state index in [0.29, 0.717) is 19.0 Å². The highest BCUT2D eigenvalue weighted by Crippen LogP contribution is 2.47. The van der Waals surface area contributed by atoms with E-state index < -0.39 is 14.5 Å². The van der Waals surface area contributed by atoms with Gasteiger partial charge in [0.05, 0.1) is 0 Å². The van der Waals surface area contributed by atoms with Gasteiger partial charge in [-0.05, 0) is 18.4 Å². The van der Waals surface area contributed by atoms with E-state index in [9.17, 15) is 14.0 Å². The first-order valence-electron chi connectivity index (χ1n) is 9.55. The van der Waals surface area contributed by atoms with Crippen molar-refractivity contribution in [1.29, 1.82) is 0 Å². The molecule has 0 spiro atoms. The van der Waals surface area contributed by atoms with Gasteiger partial charge in [0.15, 0.2) is 0 Å². The molecule has 0 radical (unpaired) electrons. The largest absolute Gasteiger partial charge is 0.344 e. The summed E-state index contributed by atoms with van der Waals surface area (Å²) in [5, 5.41) is 1.61. The minimum atomic E-state index is -3.25. The van der Waals surface area contributed by atoms with Crippen LogP contribution in [0.5, 0.6) is 0 Å². The minimum Gasteiger partial charge on any atom is -0.344 e. The molecule has 3 rings (SSSR count). The van der Waals surface area contributed by atoms with Crippen LogP contribution in [0.3, 0.4) is 0 Å². The van der Waals surface area contributed by atoms with Gasteiger partial charge in [-0.1, -0.05) is 91.0 Å². The van der Waals surface area contributed by atoms with Gasteiger partial charge in [0.1, 0.15) is 7.14 Å². The summed E-state index contributed by atoms with van der Waals surface area (Å²) in [5.41, 5.74) is 1.07. The number of aryl methyl sites for hydroxylation is 1. The predicted molar refractivity (Wildman–Crippen MR) is 119 cm³/mol. The molecule has 3 nitrogen and oxygen atoms in total. The van der Waals surface area contributed by atoms with Crippen LogP contribution in [0.4, 0.5) is 0 Å². The quantitative estimate of drug-likeness (QED) is 0.509. The molecule has 1 N–H and O–H groups in total. The normalized spacial score (nSPS) is 13.8. The standard InChI is InChI=1S/C23H26O3P2/c24-27(25,20-17-21-11-4-1-5-12-21)18-10-19-28(26,22-13-6-2-7-14-22)23-15-8-3-9-16-23/h1-9,11-16H,10,17-20H2,(H,24,25). The van der Waals surface area contributed by atoms with E-state index in [0.717, 1.165) is 16.2 Å². The van der Waals surface area contributed by atoms with Crippen LogP contribution < -0.4 is 10.6 Å². The predicted octanol–water partition coefficient (Wildman–Crippen LogP) is 4.90. The average Bonchev–Trinajstić information content (AvgIpc) is 2.74. The summed E-state index contributed by atoms with van der Waals surface area (Å²) in [6, 6.07) is 28.7. The lowest BCUT2D eigenvalue weighted by Crippen LogP contribution is -2.19. The van der Waals surface area contributed by atoms with Gasteiger partial charge in [0.2, 0.25) is 7.37 Å². The van der Waals surface area contributed by atoms with Crippen molar-refractivity contribution in [2.45, 2.75) is 12.8 Å². The molecule has 5 heteroatoms. The summed E-state index contributed by atoms with van der Waals surface area (Å²) in [5.74, 6) is 0. The number of rotatable bonds is 9. The van der Waals surface area contributed by atoms with Gasteiger partial charge in [-0.15, -0.1) is 0 Å². The SMILES string of the molecule is O=P(O)(CCCP(=O)(c1ccccc1)c1ccccc1)CCc1ccccc1. The smallest absolute Gasteiger partial charge is 0.200 e. The van der Waals surface area contributed by atoms with Gasteiger partial charge in [0.25, 0.3) is 0 Å². The second-order valence-electron chi connectivity index (χ2n) is 7.02. The van der Waals surface area contributed by atoms with E-state index in [-0.39, 0.29) is 12.3 Å². The second-order valence-corrected chi connectivity index (χ2v) is 12.6. The number of benzene rings is 3. The fourth-order valence-electron chi connectivity index (χ4n) is 3.35. The molecule has 0 heterocycles. The molecule has 0 aliphatic rings. The zero-order valence-electron chi connectivity index (χ0n) is 15.9. The first-order valence-corrected chi connectivity index (χ1v) is 13.5. The van der Waals surface area contributed by atoms with Crippen LogP contribution in [-0.2, 0) is 15.6 Å². The molecule has 3 aromatic rings. The molecular formula is C23H26O3P2. The maximum absolute atomic E-state index is 13.9. The molecule has 0 aliphatic heterocycles. The van der Waals surface area contributed by atoms with E-state index in [1.54, 1.807) is 0 Å². The van der Waals surface area contributed by atoms with Crippen molar-refractivity contribution in [3.63, 3.8) is 0 Å². The Hall–Kier alpha value is -1.92. The van der Waals surface area contributed by atoms with E-state index >= 15 is 0 Å². The summed E-state index contributed by atoms with van der Waals surface area (Å²) < 4.78 is 26.5. The van der Waals surface area contributed by atoms with Crippen LogP contribution in [0.25, 0.3) is 0 Å². The van der Waals surface area contributed by atoms with Crippen LogP contribution in [0.2, 0.25) is 0 Å². The van der Waals surface area contributed by atoms with Crippen LogP contribution in [0.15, 0.2) is 91.0 Å². The van der Waals surface area contributed by atoms with Crippen molar-refractivity contribution in [2.24, 2.45) is 0 Å². The van der Waals surface area contributed by atoms with Crippen molar-refractivity contribution >= 4 is 25.1 Å². The van der Waals surface area contributed by atoms with E-state index in [1.807, 2.05) is 91.0 Å². The second kappa shape index (κ2) is 9.52. The van der Waals surface area contributed by atoms with E-state index in [2.05, 4.69) is 0 Å². The van der Waals surface area contributed by atoms with Gasteiger partial charge in [-0.3, -0.25) is 4.57 Å². The molecule has 0 aliphatic carbocycles. The lowest BCUT2D eigenvalue weighted by molar-refractivity contribution is 0.476. The lowest BCUT2D eigenvalue weighted by atomic mass is 10.2. The highest BCUT2D eigenvalue weighted by atomic mass is 31.2. The molecule has 146 valence electrons. The molecule has 28 heavy (non-hydrogen) atoms. The Morgan fingerprint density at radius 3 is 1.57 bits per heavy atom. The highest BCUT2D eigenvalue weighted by molar-refractivity contribution is 7.78. The number of hydrogen-bond donors (Lipinski definition) is 1. The molecule has 0 bridgehead atoms. The Bertz CT molecular complexity index is 913. The number of hydrogen-bond acceptors (Lipinski definition) is 2. The monoisotopic (exact) mass is 412 g/mol. The Kier molecular flexibility index (Phi) is 7.08. The Labute approximate surface area is 167 Å². The maximum atomic E-state index is 13.9. The van der Waals surface area contributed by atoms with Gasteiger partial charge >= 0.3 is 0 Å². The summed E-state index contributed by atoms with van der Waals surface area (Å²) in [7, 11) is -6.07. The maximum Gasteiger partial charge on any atom is 0.200 e. The lowest BCUT2D eigenvalue weighted by Gasteiger charge is -2.20. The van der Waals surface area contributed by atoms with Crippen LogP contribution in [0.1, 0.15) is 12.0 Å². The summed E-state index contributed by atoms with van der Waals surface area (Å²) in [4.78, 5) is 10.4. The van der Waals surface area contributed by atoms with Gasteiger partial charge < -0.3 is 9.46 Å². The Morgan fingerprint density at radius 2 is 1.07 bits per heavy atom. The molecule has 0 saturated carbocycles. The molecule has 0 saturated heterocycles. The minimum absolute atomic E-state index is 0.198. The van der Waals surface area contributed by atoms with Crippen LogP contribution in [0, 0.1) is 0 Å². The zero-order valence-corrected chi connectivity index (χ0v) is 17.6. The summed E-state index contributed by atoms with van der Waals surface area (Å²) in [6.45, 7) is 0. The first kappa shape index (κ1) is 20.8. The Morgan fingerprint density at radius 1 is 0.607 bits per heavy atom. The van der Waals surface area contributed by atoms with Gasteiger partial charge in [-0.25, -0.2) is 0 Å². The van der Waals surface area contributed by atoms with Crippen molar-refractivity contribution in [3.8, 4) is 0 Å². The van der Waals surface area contributed by atoms with Crippen molar-refractivity contribution in [2.75, 3.05) is 18.5 Å². The van der Waals surface area contributed by atoms with E-state index in [4.69, 9.17) is 0 Å². The van der Waals surface area contributed by atoms with Gasteiger partial charge in [-0.2, -0.15) is 0 Å². The Balaban J connectivity index is 1.67. The topological polar surface area (TPSA) is 54.4 Å². The molecule has 0 aromatic heterocycles. The van der Waals surface area contributed by atoms with Crippen molar-refractivity contribution < 1.29 is 14.0 Å². The fraction of sp³-hybridized carbons (Fsp3) is 0.217. The molecule has 0 amide bonds. The molecular weight excluding hydrogens is 386 g/mol. The molecule has 1 unspecified atom stereocenters. The third kappa shape index (κ3) is 5.55. The average molecular weight is 412 g/mol. The molecule has 0 fully saturated rings. The van der Waals surface area contributed by atoms with Crippen molar-refractivity contribution in [3.05, 3.63) is 96.6 Å². The first-order chi connectivity index (χ1) is 13.5. The molecule has 1 atom stereocenters. The third-order valence-corrected chi connectivity index (χ3v) is 10.1. The zero-order chi connectivity index (χ0) is 19.9. The van der Waals surface area contributed by atoms with Crippen molar-refractivity contribution in [1.82, 2.24) is 0 Å². The van der Waals surface area contributed by atoms with Gasteiger partial charge in [0, 0.05) is 29.1 Å². The van der Waals surface area contributed by atoms with E-state index in [1.165, 1.54) is 0 Å². The molecule has 3 aromatic carbocycles. The fourth-order valence-corrected chi connectivity index (χ4v) is 7.80. The summed E-state index contributed by atoms with van der Waals surface area (Å²) in [6.07, 6.45) is 1.91. The summed E-state index contributed by atoms with van der Waals surface area (Å²) >= 11 is 0. The highest BCUT2D eigenvalue weighted by Gasteiger charge is 2.28. The van der Waals surface area contributed by atoms with Crippen LogP contribution in [-0.4, -0.2) is 23.4 Å². The van der Waals surface area contributed by atoms with Crippen LogP contribution >= 0.6 is 14.5 Å².